The van der Waals surface area contributed by atoms with Crippen molar-refractivity contribution >= 4 is 30.2 Å². The molecule has 0 spiro atoms. The van der Waals surface area contributed by atoms with E-state index in [0.29, 0.717) is 48.8 Å². The number of benzene rings is 1. The van der Waals surface area contributed by atoms with Gasteiger partial charge in [-0.15, -0.1) is 0 Å². The van der Waals surface area contributed by atoms with Crippen LogP contribution in [0.5, 0.6) is 5.75 Å². The number of ether oxygens (including phenoxy) is 1. The Morgan fingerprint density at radius 3 is 2.41 bits per heavy atom. The van der Waals surface area contributed by atoms with Gasteiger partial charge in [-0.1, -0.05) is 0 Å². The SMILES string of the molecule is CCOc1cccc([PH](O)(C(=O)N2CCC(CC3CN(c4ccc(C(=O)N(C)C)c(C5CC5)n4)C3)CC2)C(F)F)c1. The Labute approximate surface area is 241 Å². The van der Waals surface area contributed by atoms with Crippen molar-refractivity contribution in [2.24, 2.45) is 11.8 Å². The Morgan fingerprint density at radius 2 is 1.80 bits per heavy atom. The van der Waals surface area contributed by atoms with Crippen molar-refractivity contribution in [1.29, 1.82) is 0 Å². The van der Waals surface area contributed by atoms with Crippen LogP contribution in [0.25, 0.3) is 0 Å². The number of aromatic nitrogens is 1. The Bertz CT molecular complexity index is 1260. The molecule has 2 saturated heterocycles. The number of likely N-dealkylation sites (tertiary alicyclic amines) is 1. The van der Waals surface area contributed by atoms with Gasteiger partial charge in [-0.05, 0) is 12.8 Å². The molecule has 0 atom stereocenters. The van der Waals surface area contributed by atoms with E-state index >= 15 is 0 Å². The first kappa shape index (κ1) is 29.6. The molecular weight excluding hydrogens is 549 g/mol. The average Bonchev–Trinajstić information content (AvgIpc) is 3.79. The number of pyridine rings is 1. The van der Waals surface area contributed by atoms with Gasteiger partial charge in [-0.25, -0.2) is 0 Å². The van der Waals surface area contributed by atoms with Crippen LogP contribution in [0.1, 0.15) is 61.0 Å². The Morgan fingerprint density at radius 1 is 1.10 bits per heavy atom. The minimum atomic E-state index is -4.74. The van der Waals surface area contributed by atoms with Gasteiger partial charge in [0, 0.05) is 20.0 Å². The number of carbonyl (C=O) groups is 2. The Hall–Kier alpha value is -2.84. The molecule has 224 valence electrons. The second-order valence-corrected chi connectivity index (χ2v) is 14.8. The van der Waals surface area contributed by atoms with Crippen molar-refractivity contribution < 1.29 is 28.0 Å². The molecule has 1 N–H and O–H groups in total. The molecule has 0 unspecified atom stereocenters. The van der Waals surface area contributed by atoms with Crippen LogP contribution in [0.4, 0.5) is 19.4 Å². The summed E-state index contributed by atoms with van der Waals surface area (Å²) in [6, 6.07) is 9.82. The van der Waals surface area contributed by atoms with E-state index < -0.39 is 19.3 Å². The van der Waals surface area contributed by atoms with Crippen LogP contribution in [-0.2, 0) is 0 Å². The third kappa shape index (κ3) is 6.19. The molecule has 1 aliphatic carbocycles. The van der Waals surface area contributed by atoms with Crippen molar-refractivity contribution in [3.8, 4) is 5.75 Å². The first-order valence-electron chi connectivity index (χ1n) is 14.6. The summed E-state index contributed by atoms with van der Waals surface area (Å²) in [5.41, 5.74) is 0.796. The van der Waals surface area contributed by atoms with Gasteiger partial charge < -0.3 is 4.90 Å². The Balaban J connectivity index is 1.15. The first-order chi connectivity index (χ1) is 19.6. The number of nitrogens with zero attached hydrogens (tertiary/aromatic N) is 4. The average molecular weight is 591 g/mol. The van der Waals surface area contributed by atoms with Crippen molar-refractivity contribution in [2.75, 3.05) is 51.8 Å². The predicted molar refractivity (Wildman–Crippen MR) is 158 cm³/mol. The van der Waals surface area contributed by atoms with Crippen LogP contribution in [0, 0.1) is 11.8 Å². The third-order valence-electron chi connectivity index (χ3n) is 8.59. The molecule has 8 nitrogen and oxygen atoms in total. The van der Waals surface area contributed by atoms with Gasteiger partial charge in [0.1, 0.15) is 0 Å². The summed E-state index contributed by atoms with van der Waals surface area (Å²) in [7, 11) is -1.22. The zero-order valence-corrected chi connectivity index (χ0v) is 25.1. The predicted octanol–water partition coefficient (Wildman–Crippen LogP) is 4.92. The van der Waals surface area contributed by atoms with E-state index in [0.717, 1.165) is 56.7 Å². The van der Waals surface area contributed by atoms with Crippen molar-refractivity contribution in [3.63, 3.8) is 0 Å². The van der Waals surface area contributed by atoms with Gasteiger partial charge in [0.15, 0.2) is 0 Å². The number of amides is 2. The van der Waals surface area contributed by atoms with Crippen LogP contribution in [0.3, 0.4) is 0 Å². The van der Waals surface area contributed by atoms with E-state index in [2.05, 4.69) is 4.90 Å². The van der Waals surface area contributed by atoms with Crippen molar-refractivity contribution in [1.82, 2.24) is 14.8 Å². The minimum absolute atomic E-state index is 0.00838. The van der Waals surface area contributed by atoms with Gasteiger partial charge in [0.2, 0.25) is 0 Å². The topological polar surface area (TPSA) is 86.2 Å². The van der Waals surface area contributed by atoms with E-state index in [-0.39, 0.29) is 11.2 Å². The number of hydrogen-bond donors (Lipinski definition) is 1. The number of alkyl halides is 2. The first-order valence-corrected chi connectivity index (χ1v) is 16.6. The fourth-order valence-electron chi connectivity index (χ4n) is 6.05. The summed E-state index contributed by atoms with van der Waals surface area (Å²) in [6.07, 6.45) is 1.50. The van der Waals surface area contributed by atoms with E-state index in [4.69, 9.17) is 9.72 Å². The zero-order chi connectivity index (χ0) is 29.3. The van der Waals surface area contributed by atoms with Crippen LogP contribution in [0.15, 0.2) is 36.4 Å². The number of carbonyl (C=O) groups excluding carboxylic acids is 2. The van der Waals surface area contributed by atoms with Crippen LogP contribution < -0.4 is 14.9 Å². The molecule has 11 heteroatoms. The molecule has 1 saturated carbocycles. The Kier molecular flexibility index (Phi) is 8.81. The van der Waals surface area contributed by atoms with Crippen molar-refractivity contribution in [3.05, 3.63) is 47.7 Å². The van der Waals surface area contributed by atoms with E-state index in [9.17, 15) is 23.3 Å². The summed E-state index contributed by atoms with van der Waals surface area (Å²) in [5.74, 6) is 2.57. The quantitative estimate of drug-likeness (QED) is 0.396. The molecule has 0 bridgehead atoms. The monoisotopic (exact) mass is 590 g/mol. The normalized spacial score (nSPS) is 18.8. The van der Waals surface area contributed by atoms with Crippen LogP contribution in [0.2, 0.25) is 0 Å². The van der Waals surface area contributed by atoms with Crippen LogP contribution >= 0.6 is 7.49 Å². The van der Waals surface area contributed by atoms with E-state index in [1.165, 1.54) is 17.0 Å². The van der Waals surface area contributed by atoms with E-state index in [1.807, 2.05) is 12.1 Å². The molecule has 2 aliphatic heterocycles. The fraction of sp³-hybridized carbons (Fsp3) is 0.567. The molecule has 5 rings (SSSR count). The summed E-state index contributed by atoms with van der Waals surface area (Å²) in [5, 5.41) is -0.0160. The third-order valence-corrected chi connectivity index (χ3v) is 11.4. The van der Waals surface area contributed by atoms with Crippen molar-refractivity contribution in [2.45, 2.75) is 51.1 Å². The van der Waals surface area contributed by atoms with Gasteiger partial charge in [0.05, 0.1) is 5.56 Å². The molecule has 1 aromatic carbocycles. The molecule has 3 fully saturated rings. The van der Waals surface area contributed by atoms with Gasteiger partial charge in [-0.2, -0.15) is 0 Å². The molecule has 3 heterocycles. The summed E-state index contributed by atoms with van der Waals surface area (Å²) in [6.45, 7) is 4.69. The number of hydrogen-bond acceptors (Lipinski definition) is 6. The number of piperidine rings is 1. The number of anilines is 1. The maximum atomic E-state index is 14.2. The number of rotatable bonds is 10. The number of halogens is 2. The molecule has 3 aliphatic rings. The fourth-order valence-corrected chi connectivity index (χ4v) is 8.16. The molecule has 1 aromatic heterocycles. The molecule has 2 aromatic rings. The molecule has 2 amide bonds. The second kappa shape index (κ2) is 12.2. The summed E-state index contributed by atoms with van der Waals surface area (Å²) >= 11 is 0. The van der Waals surface area contributed by atoms with Crippen LogP contribution in [-0.4, -0.2) is 84.3 Å². The van der Waals surface area contributed by atoms with Gasteiger partial charge in [-0.3, -0.25) is 4.79 Å². The molecular formula is C30H41F2N4O4P. The van der Waals surface area contributed by atoms with Gasteiger partial charge >= 0.3 is 187 Å². The molecule has 41 heavy (non-hydrogen) atoms. The summed E-state index contributed by atoms with van der Waals surface area (Å²) in [4.78, 5) is 47.2. The second-order valence-electron chi connectivity index (χ2n) is 11.8. The maximum absolute atomic E-state index is 14.2. The van der Waals surface area contributed by atoms with E-state index in [1.54, 1.807) is 38.1 Å². The van der Waals surface area contributed by atoms with Gasteiger partial charge in [0.25, 0.3) is 5.91 Å². The molecule has 0 radical (unpaired) electrons. The zero-order valence-electron chi connectivity index (χ0n) is 24.1. The standard InChI is InChI=1S/C30H41F2N4O4P/c1-4-40-23-6-5-7-24(17-23)41(39,29(31)32)30(38)35-14-12-20(13-15-35)16-21-18-36(19-21)26-11-10-25(28(37)34(2)3)27(33-26)22-8-9-22/h5-7,10-11,17,20-22,29,39,41H,4,8-9,12-16,18-19H2,1-3H3. The summed E-state index contributed by atoms with van der Waals surface area (Å²) < 4.78 is 33.9.